The maximum atomic E-state index is 13.3. The van der Waals surface area contributed by atoms with E-state index < -0.39 is 34.2 Å². The Morgan fingerprint density at radius 3 is 2.26 bits per heavy atom. The third-order valence-corrected chi connectivity index (χ3v) is 5.13. The number of nitrogens with zero attached hydrogens (tertiary/aromatic N) is 2. The number of ketones is 1. The smallest absolute Gasteiger partial charge is 0.295 e. The monoisotopic (exact) mass is 427 g/mol. The van der Waals surface area contributed by atoms with Crippen molar-refractivity contribution in [3.8, 4) is 0 Å². The Morgan fingerprint density at radius 1 is 1.10 bits per heavy atom. The van der Waals surface area contributed by atoms with Crippen molar-refractivity contribution in [2.45, 2.75) is 12.5 Å². The fourth-order valence-electron chi connectivity index (χ4n) is 3.59. The highest BCUT2D eigenvalue weighted by atomic mass is 19.1. The maximum Gasteiger partial charge on any atom is 0.295 e. The summed E-state index contributed by atoms with van der Waals surface area (Å²) in [6.07, 6.45) is 0.600. The zero-order chi connectivity index (χ0) is 22.7. The summed E-state index contributed by atoms with van der Waals surface area (Å²) in [4.78, 5) is 38.5. The van der Waals surface area contributed by atoms with Gasteiger partial charge in [0, 0.05) is 30.7 Å². The van der Waals surface area contributed by atoms with Gasteiger partial charge in [-0.05, 0) is 35.4 Å². The second-order valence-corrected chi connectivity index (χ2v) is 7.64. The van der Waals surface area contributed by atoms with Gasteiger partial charge < -0.3 is 14.9 Å². The molecule has 1 N–H and O–H groups in total. The number of rotatable bonds is 7. The van der Waals surface area contributed by atoms with Gasteiger partial charge in [0.2, 0.25) is 5.78 Å². The largest absolute Gasteiger partial charge is 0.872 e. The number of non-ortho nitro benzene ring substituents is 1. The molecule has 0 spiro atoms. The normalized spacial score (nSPS) is 18.1. The number of hydrogen-bond donors (Lipinski definition) is 1. The van der Waals surface area contributed by atoms with Gasteiger partial charge >= 0.3 is 0 Å². The second-order valence-electron chi connectivity index (χ2n) is 7.64. The van der Waals surface area contributed by atoms with Crippen LogP contribution in [0.5, 0.6) is 0 Å². The van der Waals surface area contributed by atoms with E-state index in [1.807, 2.05) is 14.1 Å². The van der Waals surface area contributed by atoms with Gasteiger partial charge in [-0.15, -0.1) is 0 Å². The molecule has 9 heteroatoms. The molecule has 8 nitrogen and oxygen atoms in total. The highest BCUT2D eigenvalue weighted by molar-refractivity contribution is 6.46. The Kier molecular flexibility index (Phi) is 6.45. The first-order valence-corrected chi connectivity index (χ1v) is 9.76. The molecular weight excluding hydrogens is 405 g/mol. The number of amides is 1. The molecule has 1 heterocycles. The van der Waals surface area contributed by atoms with Crippen LogP contribution in [0.1, 0.15) is 23.6 Å². The van der Waals surface area contributed by atoms with Crippen molar-refractivity contribution < 1.29 is 28.9 Å². The molecule has 1 fully saturated rings. The summed E-state index contributed by atoms with van der Waals surface area (Å²) in [6, 6.07) is 9.18. The van der Waals surface area contributed by atoms with Crippen molar-refractivity contribution >= 4 is 23.1 Å². The van der Waals surface area contributed by atoms with Crippen molar-refractivity contribution in [3.05, 3.63) is 81.2 Å². The number of carbonyl (C=O) groups is 2. The van der Waals surface area contributed by atoms with Crippen molar-refractivity contribution in [2.75, 3.05) is 27.2 Å². The Morgan fingerprint density at radius 2 is 1.71 bits per heavy atom. The molecule has 2 aromatic rings. The lowest BCUT2D eigenvalue weighted by molar-refractivity contribution is -0.858. The van der Waals surface area contributed by atoms with Crippen molar-refractivity contribution in [1.82, 2.24) is 4.90 Å². The molecule has 1 atom stereocenters. The molecule has 1 aliphatic heterocycles. The lowest BCUT2D eigenvalue weighted by Crippen LogP contribution is -3.05. The highest BCUT2D eigenvalue weighted by Gasteiger charge is 2.44. The summed E-state index contributed by atoms with van der Waals surface area (Å²) in [7, 11) is 3.92. The van der Waals surface area contributed by atoms with Crippen molar-refractivity contribution in [3.63, 3.8) is 0 Å². The van der Waals surface area contributed by atoms with Crippen molar-refractivity contribution in [2.24, 2.45) is 0 Å². The zero-order valence-electron chi connectivity index (χ0n) is 17.1. The predicted molar refractivity (Wildman–Crippen MR) is 108 cm³/mol. The van der Waals surface area contributed by atoms with Crippen LogP contribution in [0.15, 0.2) is 54.1 Å². The minimum Gasteiger partial charge on any atom is -0.872 e. The zero-order valence-corrected chi connectivity index (χ0v) is 17.1. The SMILES string of the molecule is C[NH+](C)CCCN1C(=O)C(=O)/C(=C(/[O-])c2ccc(F)cc2)C1c1ccc([N+](=O)[O-])cc1. The van der Waals surface area contributed by atoms with Gasteiger partial charge in [0.25, 0.3) is 11.6 Å². The molecule has 2 aromatic carbocycles. The van der Waals surface area contributed by atoms with Gasteiger partial charge in [-0.1, -0.05) is 17.9 Å². The van der Waals surface area contributed by atoms with Crippen LogP contribution in [0.2, 0.25) is 0 Å². The minimum atomic E-state index is -0.962. The topological polar surface area (TPSA) is 108 Å². The number of hydrogen-bond acceptors (Lipinski definition) is 5. The van der Waals surface area contributed by atoms with Gasteiger partial charge in [0.05, 0.1) is 31.6 Å². The Labute approximate surface area is 178 Å². The highest BCUT2D eigenvalue weighted by Crippen LogP contribution is 2.39. The molecule has 1 amide bonds. The number of benzene rings is 2. The number of likely N-dealkylation sites (tertiary alicyclic amines) is 1. The summed E-state index contributed by atoms with van der Waals surface area (Å²) in [5.74, 6) is -2.89. The molecule has 0 saturated carbocycles. The summed E-state index contributed by atoms with van der Waals surface area (Å²) >= 11 is 0. The van der Waals surface area contributed by atoms with Crippen molar-refractivity contribution in [1.29, 1.82) is 0 Å². The van der Waals surface area contributed by atoms with E-state index in [4.69, 9.17) is 0 Å². The summed E-state index contributed by atoms with van der Waals surface area (Å²) in [5, 5.41) is 24.1. The average molecular weight is 427 g/mol. The van der Waals surface area contributed by atoms with Crippen LogP contribution < -0.4 is 10.0 Å². The quantitative estimate of drug-likeness (QED) is 0.228. The maximum absolute atomic E-state index is 13.3. The van der Waals surface area contributed by atoms with E-state index >= 15 is 0 Å². The lowest BCUT2D eigenvalue weighted by Gasteiger charge is -2.27. The van der Waals surface area contributed by atoms with E-state index in [0.717, 1.165) is 23.6 Å². The number of carbonyl (C=O) groups excluding carboxylic acids is 2. The molecule has 162 valence electrons. The standard InChI is InChI=1S/C22H22FN3O5/c1-24(2)12-3-13-25-19(14-6-10-17(11-7-14)26(30)31)18(21(28)22(25)29)20(27)15-4-8-16(23)9-5-15/h4-11,19,27H,3,12-13H2,1-2H3/b20-18+. The van der Waals surface area contributed by atoms with Crippen LogP contribution in [-0.2, 0) is 9.59 Å². The van der Waals surface area contributed by atoms with Gasteiger partial charge in [0.1, 0.15) is 5.82 Å². The molecule has 1 saturated heterocycles. The first-order valence-electron chi connectivity index (χ1n) is 9.76. The number of nitrogens with one attached hydrogen (secondary N) is 1. The molecule has 3 rings (SSSR count). The Balaban J connectivity index is 2.09. The van der Waals surface area contributed by atoms with Gasteiger partial charge in [-0.25, -0.2) is 4.39 Å². The Hall–Kier alpha value is -3.59. The van der Waals surface area contributed by atoms with Crippen LogP contribution in [0, 0.1) is 15.9 Å². The van der Waals surface area contributed by atoms with Crippen LogP contribution in [0.25, 0.3) is 5.76 Å². The first kappa shape index (κ1) is 22.1. The Bertz CT molecular complexity index is 1030. The van der Waals surface area contributed by atoms with Crippen LogP contribution in [0.3, 0.4) is 0 Å². The number of halogens is 1. The van der Waals surface area contributed by atoms with Crippen LogP contribution >= 0.6 is 0 Å². The predicted octanol–water partition coefficient (Wildman–Crippen LogP) is 0.493. The molecule has 1 aliphatic rings. The molecule has 0 aliphatic carbocycles. The van der Waals surface area contributed by atoms with E-state index in [1.54, 1.807) is 0 Å². The second kappa shape index (κ2) is 9.05. The first-order chi connectivity index (χ1) is 14.7. The number of nitro benzene ring substituents is 1. The fraction of sp³-hybridized carbons (Fsp3) is 0.273. The number of nitro groups is 1. The van der Waals surface area contributed by atoms with E-state index in [-0.39, 0.29) is 23.4 Å². The molecule has 31 heavy (non-hydrogen) atoms. The average Bonchev–Trinajstić information content (AvgIpc) is 2.98. The van der Waals surface area contributed by atoms with Gasteiger partial charge in [0.15, 0.2) is 0 Å². The molecule has 0 aromatic heterocycles. The molecule has 0 radical (unpaired) electrons. The van der Waals surface area contributed by atoms with Gasteiger partial charge in [-0.2, -0.15) is 0 Å². The summed E-state index contributed by atoms with van der Waals surface area (Å²) < 4.78 is 13.3. The third kappa shape index (κ3) is 4.61. The lowest BCUT2D eigenvalue weighted by atomic mass is 9.95. The van der Waals surface area contributed by atoms with Crippen LogP contribution in [0.4, 0.5) is 10.1 Å². The van der Waals surface area contributed by atoms with Crippen LogP contribution in [-0.4, -0.2) is 48.7 Å². The van der Waals surface area contributed by atoms with E-state index in [2.05, 4.69) is 0 Å². The fourth-order valence-corrected chi connectivity index (χ4v) is 3.59. The van der Waals surface area contributed by atoms with E-state index in [9.17, 15) is 29.2 Å². The number of Topliss-reactive ketones (excluding diaryl/α,β-unsaturated/α-hetero) is 1. The summed E-state index contributed by atoms with van der Waals surface area (Å²) in [5.41, 5.74) is 0.132. The molecule has 0 bridgehead atoms. The number of quaternary nitrogens is 1. The minimum absolute atomic E-state index is 0.0871. The summed E-state index contributed by atoms with van der Waals surface area (Å²) in [6.45, 7) is 0.990. The van der Waals surface area contributed by atoms with E-state index in [0.29, 0.717) is 12.0 Å². The van der Waals surface area contributed by atoms with E-state index in [1.165, 1.54) is 41.3 Å². The molecular formula is C22H22FN3O5. The van der Waals surface area contributed by atoms with Gasteiger partial charge in [-0.3, -0.25) is 19.7 Å². The third-order valence-electron chi connectivity index (χ3n) is 5.13. The molecule has 1 unspecified atom stereocenters.